The van der Waals surface area contributed by atoms with E-state index in [0.717, 1.165) is 12.8 Å². The Morgan fingerprint density at radius 3 is 1.91 bits per heavy atom. The summed E-state index contributed by atoms with van der Waals surface area (Å²) in [6.07, 6.45) is 2.33. The van der Waals surface area contributed by atoms with Gasteiger partial charge in [0.05, 0.1) is 13.2 Å². The van der Waals surface area contributed by atoms with E-state index in [9.17, 15) is 9.90 Å². The Morgan fingerprint density at radius 2 is 1.55 bits per heavy atom. The number of carboxylic acid groups (broad SMARTS) is 1. The van der Waals surface area contributed by atoms with Gasteiger partial charge < -0.3 is 19.9 Å². The molecule has 0 aromatic carbocycles. The second-order valence-electron chi connectivity index (χ2n) is 7.31. The van der Waals surface area contributed by atoms with Gasteiger partial charge in [-0.3, -0.25) is 0 Å². The molecule has 5 nitrogen and oxygen atoms in total. The zero-order chi connectivity index (χ0) is 17.0. The highest BCUT2D eigenvalue weighted by Crippen LogP contribution is 2.36. The zero-order valence-corrected chi connectivity index (χ0v) is 14.8. The van der Waals surface area contributed by atoms with E-state index in [1.807, 2.05) is 13.8 Å². The van der Waals surface area contributed by atoms with Crippen LogP contribution in [-0.4, -0.2) is 35.4 Å². The summed E-state index contributed by atoms with van der Waals surface area (Å²) in [5.74, 6) is -0.494. The highest BCUT2D eigenvalue weighted by molar-refractivity contribution is 5.86. The summed E-state index contributed by atoms with van der Waals surface area (Å²) in [5.41, 5.74) is 0.239. The molecule has 128 valence electrons. The van der Waals surface area contributed by atoms with Crippen LogP contribution in [0.25, 0.3) is 0 Å². The molecule has 1 rings (SSSR count). The molecule has 1 heterocycles. The number of carbonyl (C=O) groups is 1. The SMILES string of the molecule is CCOC(OCC)=C(CC1CC(C)(C)NC(C)(C)C1)C(=O)O. The Morgan fingerprint density at radius 1 is 1.09 bits per heavy atom. The standard InChI is InChI=1S/C17H31NO4/c1-7-21-15(22-8-2)13(14(19)20)9-12-10-16(3,4)18-17(5,6)11-12/h12,18H,7-11H2,1-6H3,(H,19,20). The van der Waals surface area contributed by atoms with E-state index in [1.54, 1.807) is 0 Å². The average molecular weight is 313 g/mol. The fourth-order valence-corrected chi connectivity index (χ4v) is 3.70. The molecule has 22 heavy (non-hydrogen) atoms. The third-order valence-electron chi connectivity index (χ3n) is 3.82. The van der Waals surface area contributed by atoms with Gasteiger partial charge >= 0.3 is 5.97 Å². The number of nitrogens with one attached hydrogen (secondary N) is 1. The molecule has 0 atom stereocenters. The third-order valence-corrected chi connectivity index (χ3v) is 3.82. The van der Waals surface area contributed by atoms with E-state index in [0.29, 0.717) is 19.6 Å². The van der Waals surface area contributed by atoms with Crippen molar-refractivity contribution in [1.82, 2.24) is 5.32 Å². The van der Waals surface area contributed by atoms with Crippen LogP contribution in [0.4, 0.5) is 0 Å². The first-order chi connectivity index (χ1) is 10.1. The molecule has 2 N–H and O–H groups in total. The normalized spacial score (nSPS) is 20.3. The van der Waals surface area contributed by atoms with Crippen molar-refractivity contribution in [2.75, 3.05) is 13.2 Å². The van der Waals surface area contributed by atoms with E-state index in [-0.39, 0.29) is 28.5 Å². The molecule has 1 saturated heterocycles. The molecule has 0 unspecified atom stereocenters. The lowest BCUT2D eigenvalue weighted by molar-refractivity contribution is -0.134. The van der Waals surface area contributed by atoms with E-state index >= 15 is 0 Å². The van der Waals surface area contributed by atoms with E-state index < -0.39 is 5.97 Å². The number of hydrogen-bond acceptors (Lipinski definition) is 4. The third kappa shape index (κ3) is 5.52. The van der Waals surface area contributed by atoms with E-state index in [2.05, 4.69) is 33.0 Å². The maximum absolute atomic E-state index is 11.7. The lowest BCUT2D eigenvalue weighted by Crippen LogP contribution is -2.57. The molecule has 0 bridgehead atoms. The van der Waals surface area contributed by atoms with Crippen LogP contribution in [0.1, 0.15) is 60.8 Å². The van der Waals surface area contributed by atoms with Gasteiger partial charge in [-0.25, -0.2) is 4.79 Å². The first kappa shape index (κ1) is 18.8. The maximum Gasteiger partial charge on any atom is 0.338 e. The van der Waals surface area contributed by atoms with Crippen LogP contribution in [0.3, 0.4) is 0 Å². The van der Waals surface area contributed by atoms with Crippen LogP contribution >= 0.6 is 0 Å². The van der Waals surface area contributed by atoms with E-state index in [1.165, 1.54) is 0 Å². The molecule has 1 fully saturated rings. The van der Waals surface area contributed by atoms with Gasteiger partial charge in [0.1, 0.15) is 5.57 Å². The Hall–Kier alpha value is -1.23. The minimum absolute atomic E-state index is 0.00653. The molecule has 1 aliphatic rings. The number of rotatable bonds is 7. The summed E-state index contributed by atoms with van der Waals surface area (Å²) in [7, 11) is 0. The fourth-order valence-electron chi connectivity index (χ4n) is 3.70. The number of ether oxygens (including phenoxy) is 2. The number of hydrogen-bond donors (Lipinski definition) is 2. The molecule has 0 spiro atoms. The summed E-state index contributed by atoms with van der Waals surface area (Å²) >= 11 is 0. The number of piperidine rings is 1. The van der Waals surface area contributed by atoms with Crippen LogP contribution < -0.4 is 5.32 Å². The monoisotopic (exact) mass is 313 g/mol. The van der Waals surface area contributed by atoms with Gasteiger partial charge in [-0.15, -0.1) is 0 Å². The van der Waals surface area contributed by atoms with Crippen LogP contribution in [0.2, 0.25) is 0 Å². The van der Waals surface area contributed by atoms with Crippen molar-refractivity contribution in [3.8, 4) is 0 Å². The molecule has 0 radical (unpaired) electrons. The van der Waals surface area contributed by atoms with Crippen molar-refractivity contribution in [3.05, 3.63) is 11.5 Å². The Labute approximate surface area is 134 Å². The molecule has 0 aromatic heterocycles. The first-order valence-electron chi connectivity index (χ1n) is 8.11. The van der Waals surface area contributed by atoms with Gasteiger partial charge in [0, 0.05) is 11.1 Å². The second-order valence-corrected chi connectivity index (χ2v) is 7.31. The lowest BCUT2D eigenvalue weighted by atomic mass is 9.74. The second kappa shape index (κ2) is 7.36. The van der Waals surface area contributed by atoms with Gasteiger partial charge in [0.15, 0.2) is 0 Å². The highest BCUT2D eigenvalue weighted by atomic mass is 16.7. The summed E-state index contributed by atoms with van der Waals surface area (Å²) in [6.45, 7) is 13.1. The first-order valence-corrected chi connectivity index (χ1v) is 8.11. The molecule has 0 amide bonds. The van der Waals surface area contributed by atoms with Crippen LogP contribution in [0.5, 0.6) is 0 Å². The van der Waals surface area contributed by atoms with E-state index in [4.69, 9.17) is 9.47 Å². The predicted octanol–water partition coefficient (Wildman–Crippen LogP) is 3.30. The van der Waals surface area contributed by atoms with Crippen molar-refractivity contribution in [3.63, 3.8) is 0 Å². The summed E-state index contributed by atoms with van der Waals surface area (Å²) in [5, 5.41) is 13.2. The maximum atomic E-state index is 11.7. The van der Waals surface area contributed by atoms with Crippen molar-refractivity contribution in [2.45, 2.75) is 71.9 Å². The molecular formula is C17H31NO4. The van der Waals surface area contributed by atoms with Crippen LogP contribution in [0.15, 0.2) is 11.5 Å². The summed E-state index contributed by atoms with van der Waals surface area (Å²) in [4.78, 5) is 11.7. The van der Waals surface area contributed by atoms with Crippen molar-refractivity contribution in [2.24, 2.45) is 5.92 Å². The largest absolute Gasteiger partial charge is 0.478 e. The Bertz CT molecular complexity index is 402. The van der Waals surface area contributed by atoms with Crippen molar-refractivity contribution >= 4 is 5.97 Å². The Kier molecular flexibility index (Phi) is 6.29. The molecule has 5 heteroatoms. The Balaban J connectivity index is 2.99. The van der Waals surface area contributed by atoms with Gasteiger partial charge in [0.25, 0.3) is 5.95 Å². The lowest BCUT2D eigenvalue weighted by Gasteiger charge is -2.46. The smallest absolute Gasteiger partial charge is 0.338 e. The van der Waals surface area contributed by atoms with Gasteiger partial charge in [-0.1, -0.05) is 0 Å². The highest BCUT2D eigenvalue weighted by Gasteiger charge is 2.38. The molecule has 0 saturated carbocycles. The summed E-state index contributed by atoms with van der Waals surface area (Å²) < 4.78 is 10.8. The fraction of sp³-hybridized carbons (Fsp3) is 0.824. The number of carboxylic acids is 1. The predicted molar refractivity (Wildman–Crippen MR) is 86.5 cm³/mol. The quantitative estimate of drug-likeness (QED) is 0.557. The van der Waals surface area contributed by atoms with Gasteiger partial charge in [0.2, 0.25) is 0 Å². The van der Waals surface area contributed by atoms with Crippen molar-refractivity contribution in [1.29, 1.82) is 0 Å². The minimum atomic E-state index is -0.953. The summed E-state index contributed by atoms with van der Waals surface area (Å²) in [6, 6.07) is 0. The zero-order valence-electron chi connectivity index (χ0n) is 14.8. The molecule has 0 aliphatic carbocycles. The topological polar surface area (TPSA) is 67.8 Å². The van der Waals surface area contributed by atoms with Crippen LogP contribution in [0, 0.1) is 5.92 Å². The van der Waals surface area contributed by atoms with Gasteiger partial charge in [-0.05, 0) is 66.7 Å². The number of aliphatic carboxylic acids is 1. The van der Waals surface area contributed by atoms with Crippen LogP contribution in [-0.2, 0) is 14.3 Å². The average Bonchev–Trinajstić information content (AvgIpc) is 2.31. The van der Waals surface area contributed by atoms with Crippen molar-refractivity contribution < 1.29 is 19.4 Å². The molecular weight excluding hydrogens is 282 g/mol. The minimum Gasteiger partial charge on any atom is -0.478 e. The molecule has 1 aliphatic heterocycles. The molecule has 0 aromatic rings. The van der Waals surface area contributed by atoms with Gasteiger partial charge in [-0.2, -0.15) is 0 Å².